The van der Waals surface area contributed by atoms with Crippen LogP contribution in [0.3, 0.4) is 0 Å². The van der Waals surface area contributed by atoms with Crippen molar-refractivity contribution >= 4 is 29.0 Å². The van der Waals surface area contributed by atoms with Gasteiger partial charge in [0.05, 0.1) is 16.6 Å². The Morgan fingerprint density at radius 3 is 2.47 bits per heavy atom. The lowest BCUT2D eigenvalue weighted by atomic mass is 10.1. The number of halogens is 3. The quantitative estimate of drug-likeness (QED) is 0.607. The molecule has 0 saturated heterocycles. The number of nitrogens with zero attached hydrogens (tertiary/aromatic N) is 1. The average Bonchev–Trinajstić information content (AvgIpc) is 2.09. The second-order valence-corrected chi connectivity index (χ2v) is 4.22. The van der Waals surface area contributed by atoms with Crippen LogP contribution in [-0.4, -0.2) is 31.3 Å². The van der Waals surface area contributed by atoms with E-state index in [4.69, 9.17) is 23.2 Å². The third-order valence-electron chi connectivity index (χ3n) is 1.77. The highest BCUT2D eigenvalue weighted by molar-refractivity contribution is 6.37. The van der Waals surface area contributed by atoms with Gasteiger partial charge in [-0.1, -0.05) is 23.2 Å². The Labute approximate surface area is 97.6 Å². The van der Waals surface area contributed by atoms with Crippen LogP contribution >= 0.6 is 23.2 Å². The molecule has 0 aromatic heterocycles. The van der Waals surface area contributed by atoms with Gasteiger partial charge in [0, 0.05) is 5.56 Å². The standard InChI is InChI=1S/C10H10Cl2FNO/c1-14(2)5-10(15)6-3-9(13)8(12)4-7(6)11/h3-4H,5H2,1-2H3. The maximum atomic E-state index is 13.1. The molecule has 1 aromatic rings. The van der Waals surface area contributed by atoms with E-state index < -0.39 is 5.82 Å². The van der Waals surface area contributed by atoms with Crippen molar-refractivity contribution in [3.8, 4) is 0 Å². The van der Waals surface area contributed by atoms with Crippen LogP contribution in [0.4, 0.5) is 4.39 Å². The minimum Gasteiger partial charge on any atom is -0.302 e. The van der Waals surface area contributed by atoms with Gasteiger partial charge in [0.1, 0.15) is 5.82 Å². The molecule has 5 heteroatoms. The van der Waals surface area contributed by atoms with Gasteiger partial charge in [-0.3, -0.25) is 4.79 Å². The van der Waals surface area contributed by atoms with Gasteiger partial charge < -0.3 is 4.90 Å². The number of carbonyl (C=O) groups is 1. The van der Waals surface area contributed by atoms with E-state index >= 15 is 0 Å². The summed E-state index contributed by atoms with van der Waals surface area (Å²) in [5.74, 6) is -0.872. The molecule has 0 heterocycles. The maximum absolute atomic E-state index is 13.1. The minimum atomic E-state index is -0.636. The summed E-state index contributed by atoms with van der Waals surface area (Å²) in [6, 6.07) is 2.30. The van der Waals surface area contributed by atoms with Crippen molar-refractivity contribution in [2.45, 2.75) is 0 Å². The Morgan fingerprint density at radius 2 is 1.93 bits per heavy atom. The van der Waals surface area contributed by atoms with Gasteiger partial charge in [0.25, 0.3) is 0 Å². The van der Waals surface area contributed by atoms with E-state index in [9.17, 15) is 9.18 Å². The fourth-order valence-electron chi connectivity index (χ4n) is 1.11. The molecular formula is C10H10Cl2FNO. The van der Waals surface area contributed by atoms with Crippen LogP contribution in [0.1, 0.15) is 10.4 Å². The van der Waals surface area contributed by atoms with Gasteiger partial charge in [-0.2, -0.15) is 0 Å². The van der Waals surface area contributed by atoms with Crippen LogP contribution < -0.4 is 0 Å². The van der Waals surface area contributed by atoms with Crippen molar-refractivity contribution in [2.75, 3.05) is 20.6 Å². The first kappa shape index (κ1) is 12.4. The van der Waals surface area contributed by atoms with Gasteiger partial charge in [-0.25, -0.2) is 4.39 Å². The summed E-state index contributed by atoms with van der Waals surface area (Å²) in [5, 5.41) is 0.0923. The van der Waals surface area contributed by atoms with Crippen molar-refractivity contribution in [1.82, 2.24) is 4.90 Å². The van der Waals surface area contributed by atoms with E-state index in [1.54, 1.807) is 19.0 Å². The second-order valence-electron chi connectivity index (χ2n) is 3.41. The number of carbonyl (C=O) groups excluding carboxylic acids is 1. The van der Waals surface area contributed by atoms with Crippen molar-refractivity contribution < 1.29 is 9.18 Å². The van der Waals surface area contributed by atoms with Gasteiger partial charge >= 0.3 is 0 Å². The summed E-state index contributed by atoms with van der Waals surface area (Å²) in [5.41, 5.74) is 0.160. The SMILES string of the molecule is CN(C)CC(=O)c1cc(F)c(Cl)cc1Cl. The predicted octanol–water partition coefficient (Wildman–Crippen LogP) is 2.88. The normalized spacial score (nSPS) is 10.8. The summed E-state index contributed by atoms with van der Waals surface area (Å²) in [4.78, 5) is 13.3. The van der Waals surface area contributed by atoms with E-state index in [0.717, 1.165) is 6.07 Å². The summed E-state index contributed by atoms with van der Waals surface area (Å²) in [6.07, 6.45) is 0. The van der Waals surface area contributed by atoms with Crippen LogP contribution in [0.15, 0.2) is 12.1 Å². The number of Topliss-reactive ketones (excluding diaryl/α,β-unsaturated/α-hetero) is 1. The molecule has 2 nitrogen and oxygen atoms in total. The summed E-state index contributed by atoms with van der Waals surface area (Å²) in [7, 11) is 3.50. The first-order valence-electron chi connectivity index (χ1n) is 4.24. The molecule has 15 heavy (non-hydrogen) atoms. The lowest BCUT2D eigenvalue weighted by Crippen LogP contribution is -2.22. The first-order valence-corrected chi connectivity index (χ1v) is 5.00. The highest BCUT2D eigenvalue weighted by atomic mass is 35.5. The third kappa shape index (κ3) is 3.16. The Bertz CT molecular complexity index is 393. The molecule has 0 aliphatic rings. The van der Waals surface area contributed by atoms with Crippen LogP contribution in [-0.2, 0) is 0 Å². The van der Waals surface area contributed by atoms with Gasteiger partial charge in [-0.05, 0) is 26.2 Å². The Hall–Kier alpha value is -0.640. The maximum Gasteiger partial charge on any atom is 0.178 e. The molecule has 0 fully saturated rings. The predicted molar refractivity (Wildman–Crippen MR) is 59.3 cm³/mol. The molecule has 0 N–H and O–H groups in total. The smallest absolute Gasteiger partial charge is 0.178 e. The molecule has 0 radical (unpaired) electrons. The molecule has 0 aliphatic heterocycles. The minimum absolute atomic E-state index is 0.0820. The zero-order chi connectivity index (χ0) is 11.6. The third-order valence-corrected chi connectivity index (χ3v) is 2.37. The molecule has 0 saturated carbocycles. The Balaban J connectivity index is 3.04. The first-order chi connectivity index (χ1) is 6.91. The Kier molecular flexibility index (Phi) is 4.08. The van der Waals surface area contributed by atoms with Crippen LogP contribution in [0.25, 0.3) is 0 Å². The largest absolute Gasteiger partial charge is 0.302 e. The molecule has 0 amide bonds. The highest BCUT2D eigenvalue weighted by Gasteiger charge is 2.14. The van der Waals surface area contributed by atoms with Crippen molar-refractivity contribution in [1.29, 1.82) is 0 Å². The van der Waals surface area contributed by atoms with E-state index in [2.05, 4.69) is 0 Å². The summed E-state index contributed by atoms with van der Waals surface area (Å²) >= 11 is 11.3. The fraction of sp³-hybridized carbons (Fsp3) is 0.300. The van der Waals surface area contributed by atoms with Crippen LogP contribution in [0, 0.1) is 5.82 Å². The number of hydrogen-bond acceptors (Lipinski definition) is 2. The molecule has 0 unspecified atom stereocenters. The summed E-state index contributed by atoms with van der Waals surface area (Å²) in [6.45, 7) is 0.181. The van der Waals surface area contributed by atoms with Crippen molar-refractivity contribution in [3.05, 3.63) is 33.6 Å². The Morgan fingerprint density at radius 1 is 1.33 bits per heavy atom. The molecule has 1 aromatic carbocycles. The molecule has 0 spiro atoms. The van der Waals surface area contributed by atoms with Gasteiger partial charge in [0.2, 0.25) is 0 Å². The van der Waals surface area contributed by atoms with Gasteiger partial charge in [0.15, 0.2) is 5.78 Å². The molecule has 0 aliphatic carbocycles. The van der Waals surface area contributed by atoms with E-state index in [-0.39, 0.29) is 27.9 Å². The zero-order valence-electron chi connectivity index (χ0n) is 8.35. The molecule has 0 atom stereocenters. The molecule has 0 bridgehead atoms. The molecular weight excluding hydrogens is 240 g/mol. The van der Waals surface area contributed by atoms with Gasteiger partial charge in [-0.15, -0.1) is 0 Å². The highest BCUT2D eigenvalue weighted by Crippen LogP contribution is 2.24. The number of ketones is 1. The topological polar surface area (TPSA) is 20.3 Å². The van der Waals surface area contributed by atoms with E-state index in [1.807, 2.05) is 0 Å². The summed E-state index contributed by atoms with van der Waals surface area (Å²) < 4.78 is 13.1. The van der Waals surface area contributed by atoms with Crippen molar-refractivity contribution in [2.24, 2.45) is 0 Å². The average molecular weight is 250 g/mol. The lowest BCUT2D eigenvalue weighted by molar-refractivity contribution is 0.0957. The number of hydrogen-bond donors (Lipinski definition) is 0. The monoisotopic (exact) mass is 249 g/mol. The second kappa shape index (κ2) is 4.92. The zero-order valence-corrected chi connectivity index (χ0v) is 9.86. The fourth-order valence-corrected chi connectivity index (χ4v) is 1.60. The van der Waals surface area contributed by atoms with E-state index in [0.29, 0.717) is 0 Å². The number of likely N-dealkylation sites (N-methyl/N-ethyl adjacent to an activating group) is 1. The lowest BCUT2D eigenvalue weighted by Gasteiger charge is -2.09. The molecule has 1 rings (SSSR count). The molecule has 82 valence electrons. The van der Waals surface area contributed by atoms with Crippen LogP contribution in [0.5, 0.6) is 0 Å². The number of rotatable bonds is 3. The van der Waals surface area contributed by atoms with Crippen molar-refractivity contribution in [3.63, 3.8) is 0 Å². The van der Waals surface area contributed by atoms with E-state index in [1.165, 1.54) is 6.07 Å². The number of benzene rings is 1. The van der Waals surface area contributed by atoms with Crippen LogP contribution in [0.2, 0.25) is 10.0 Å².